The molecule has 1 aliphatic rings. The molecule has 1 aromatic carbocycles. The fraction of sp³-hybridized carbons (Fsp3) is 0.421. The standard InChI is InChI=1S/C19H23N3O3S/c1-2-25-16-5-3-14(4-6-16)13-17(23)22-10-7-15(8-11-22)18(24)21-19-20-9-12-26-19/h3-6,9,12,15H,2,7-8,10-11,13H2,1H3,(H,20,21,24). The number of aromatic nitrogens is 1. The topological polar surface area (TPSA) is 71.5 Å². The van der Waals surface area contributed by atoms with Crippen LogP contribution < -0.4 is 10.1 Å². The van der Waals surface area contributed by atoms with Crippen molar-refractivity contribution in [3.8, 4) is 5.75 Å². The Balaban J connectivity index is 1.46. The molecule has 0 radical (unpaired) electrons. The molecule has 2 amide bonds. The van der Waals surface area contributed by atoms with Crippen LogP contribution >= 0.6 is 11.3 Å². The van der Waals surface area contributed by atoms with Gasteiger partial charge < -0.3 is 15.0 Å². The fourth-order valence-corrected chi connectivity index (χ4v) is 3.57. The Morgan fingerprint density at radius 2 is 2.00 bits per heavy atom. The first-order chi connectivity index (χ1) is 12.7. The predicted molar refractivity (Wildman–Crippen MR) is 101 cm³/mol. The lowest BCUT2D eigenvalue weighted by atomic mass is 9.95. The molecular formula is C19H23N3O3S. The van der Waals surface area contributed by atoms with Gasteiger partial charge in [0.1, 0.15) is 5.75 Å². The number of piperidine rings is 1. The Kier molecular flexibility index (Phi) is 6.22. The van der Waals surface area contributed by atoms with Gasteiger partial charge in [-0.3, -0.25) is 9.59 Å². The molecule has 26 heavy (non-hydrogen) atoms. The molecule has 0 atom stereocenters. The number of thiazole rings is 1. The van der Waals surface area contributed by atoms with E-state index in [-0.39, 0.29) is 17.7 Å². The summed E-state index contributed by atoms with van der Waals surface area (Å²) in [4.78, 5) is 30.7. The van der Waals surface area contributed by atoms with Crippen LogP contribution in [0.25, 0.3) is 0 Å². The van der Waals surface area contributed by atoms with E-state index in [0.717, 1.165) is 11.3 Å². The number of benzene rings is 1. The minimum atomic E-state index is -0.0616. The third-order valence-electron chi connectivity index (χ3n) is 4.47. The quantitative estimate of drug-likeness (QED) is 0.845. The second-order valence-electron chi connectivity index (χ2n) is 6.24. The molecule has 1 aliphatic heterocycles. The Hall–Kier alpha value is -2.41. The minimum Gasteiger partial charge on any atom is -0.494 e. The highest BCUT2D eigenvalue weighted by Crippen LogP contribution is 2.21. The van der Waals surface area contributed by atoms with Gasteiger partial charge in [-0.05, 0) is 37.5 Å². The largest absolute Gasteiger partial charge is 0.494 e. The molecular weight excluding hydrogens is 350 g/mol. The van der Waals surface area contributed by atoms with Crippen LogP contribution in [-0.4, -0.2) is 41.4 Å². The Bertz CT molecular complexity index is 723. The van der Waals surface area contributed by atoms with Crippen molar-refractivity contribution in [1.82, 2.24) is 9.88 Å². The summed E-state index contributed by atoms with van der Waals surface area (Å²) in [6, 6.07) is 7.64. The van der Waals surface area contributed by atoms with E-state index >= 15 is 0 Å². The number of carbonyl (C=O) groups is 2. The lowest BCUT2D eigenvalue weighted by Crippen LogP contribution is -2.42. The molecule has 0 bridgehead atoms. The molecule has 7 heteroatoms. The number of ether oxygens (including phenoxy) is 1. The number of amides is 2. The smallest absolute Gasteiger partial charge is 0.229 e. The molecule has 0 aliphatic carbocycles. The highest BCUT2D eigenvalue weighted by molar-refractivity contribution is 7.13. The number of likely N-dealkylation sites (tertiary alicyclic amines) is 1. The summed E-state index contributed by atoms with van der Waals surface area (Å²) in [5, 5.41) is 5.30. The van der Waals surface area contributed by atoms with Crippen molar-refractivity contribution in [3.63, 3.8) is 0 Å². The van der Waals surface area contributed by atoms with Crippen molar-refractivity contribution in [2.45, 2.75) is 26.2 Å². The van der Waals surface area contributed by atoms with Gasteiger partial charge in [0.15, 0.2) is 5.13 Å². The summed E-state index contributed by atoms with van der Waals surface area (Å²) in [6.45, 7) is 3.80. The highest BCUT2D eigenvalue weighted by Gasteiger charge is 2.27. The van der Waals surface area contributed by atoms with Crippen molar-refractivity contribution < 1.29 is 14.3 Å². The van der Waals surface area contributed by atoms with Crippen molar-refractivity contribution in [2.24, 2.45) is 5.92 Å². The molecule has 1 N–H and O–H groups in total. The van der Waals surface area contributed by atoms with E-state index in [1.165, 1.54) is 11.3 Å². The third kappa shape index (κ3) is 4.82. The van der Waals surface area contributed by atoms with Crippen LogP contribution in [-0.2, 0) is 16.0 Å². The van der Waals surface area contributed by atoms with Crippen LogP contribution in [0.2, 0.25) is 0 Å². The summed E-state index contributed by atoms with van der Waals surface area (Å²) in [5.74, 6) is 0.857. The van der Waals surface area contributed by atoms with Crippen LogP contribution in [0.5, 0.6) is 5.75 Å². The molecule has 2 heterocycles. The van der Waals surface area contributed by atoms with Crippen molar-refractivity contribution in [3.05, 3.63) is 41.4 Å². The zero-order valence-corrected chi connectivity index (χ0v) is 15.6. The lowest BCUT2D eigenvalue weighted by Gasteiger charge is -2.31. The van der Waals surface area contributed by atoms with Gasteiger partial charge in [-0.1, -0.05) is 12.1 Å². The fourth-order valence-electron chi connectivity index (χ4n) is 3.04. The molecule has 0 saturated carbocycles. The molecule has 3 rings (SSSR count). The molecule has 1 aromatic heterocycles. The van der Waals surface area contributed by atoms with Gasteiger partial charge in [0, 0.05) is 30.6 Å². The predicted octanol–water partition coefficient (Wildman–Crippen LogP) is 2.96. The van der Waals surface area contributed by atoms with Gasteiger partial charge in [0.2, 0.25) is 11.8 Å². The van der Waals surface area contributed by atoms with Crippen LogP contribution in [0.1, 0.15) is 25.3 Å². The van der Waals surface area contributed by atoms with Gasteiger partial charge >= 0.3 is 0 Å². The first kappa shape index (κ1) is 18.4. The van der Waals surface area contributed by atoms with Crippen molar-refractivity contribution in [2.75, 3.05) is 25.0 Å². The van der Waals surface area contributed by atoms with Gasteiger partial charge in [-0.2, -0.15) is 0 Å². The van der Waals surface area contributed by atoms with Crippen LogP contribution in [0.3, 0.4) is 0 Å². The van der Waals surface area contributed by atoms with E-state index in [2.05, 4.69) is 10.3 Å². The SMILES string of the molecule is CCOc1ccc(CC(=O)N2CCC(C(=O)Nc3nccs3)CC2)cc1. The number of hydrogen-bond donors (Lipinski definition) is 1. The summed E-state index contributed by atoms with van der Waals surface area (Å²) in [6.07, 6.45) is 3.42. The zero-order chi connectivity index (χ0) is 18.4. The van der Waals surface area contributed by atoms with E-state index in [9.17, 15) is 9.59 Å². The maximum Gasteiger partial charge on any atom is 0.229 e. The van der Waals surface area contributed by atoms with Crippen LogP contribution in [0, 0.1) is 5.92 Å². The highest BCUT2D eigenvalue weighted by atomic mass is 32.1. The summed E-state index contributed by atoms with van der Waals surface area (Å²) in [5.41, 5.74) is 0.974. The number of hydrogen-bond acceptors (Lipinski definition) is 5. The van der Waals surface area contributed by atoms with E-state index in [1.54, 1.807) is 6.20 Å². The molecule has 0 unspecified atom stereocenters. The normalized spacial score (nSPS) is 14.9. The third-order valence-corrected chi connectivity index (χ3v) is 5.16. The summed E-state index contributed by atoms with van der Waals surface area (Å²) >= 11 is 1.41. The van der Waals surface area contributed by atoms with Gasteiger partial charge in [-0.15, -0.1) is 11.3 Å². The lowest BCUT2D eigenvalue weighted by molar-refractivity contribution is -0.133. The van der Waals surface area contributed by atoms with Crippen molar-refractivity contribution in [1.29, 1.82) is 0 Å². The summed E-state index contributed by atoms with van der Waals surface area (Å²) < 4.78 is 5.42. The number of carbonyl (C=O) groups excluding carboxylic acids is 2. The molecule has 138 valence electrons. The molecule has 6 nitrogen and oxygen atoms in total. The second-order valence-corrected chi connectivity index (χ2v) is 7.13. The van der Waals surface area contributed by atoms with Crippen LogP contribution in [0.4, 0.5) is 5.13 Å². The number of rotatable bonds is 6. The average Bonchev–Trinajstić information content (AvgIpc) is 3.16. The number of nitrogens with zero attached hydrogens (tertiary/aromatic N) is 2. The number of nitrogens with one attached hydrogen (secondary N) is 1. The van der Waals surface area contributed by atoms with Crippen molar-refractivity contribution >= 4 is 28.3 Å². The van der Waals surface area contributed by atoms with E-state index < -0.39 is 0 Å². The Morgan fingerprint density at radius 3 is 2.62 bits per heavy atom. The van der Waals surface area contributed by atoms with E-state index in [1.807, 2.05) is 41.5 Å². The Labute approximate surface area is 157 Å². The van der Waals surface area contributed by atoms with Gasteiger partial charge in [-0.25, -0.2) is 4.98 Å². The first-order valence-electron chi connectivity index (χ1n) is 8.85. The maximum atomic E-state index is 12.5. The average molecular weight is 373 g/mol. The maximum absolute atomic E-state index is 12.5. The molecule has 2 aromatic rings. The minimum absolute atomic E-state index is 0.00133. The monoisotopic (exact) mass is 373 g/mol. The molecule has 1 fully saturated rings. The Morgan fingerprint density at radius 1 is 1.27 bits per heavy atom. The first-order valence-corrected chi connectivity index (χ1v) is 9.73. The second kappa shape index (κ2) is 8.80. The molecule has 0 spiro atoms. The number of anilines is 1. The molecule has 1 saturated heterocycles. The zero-order valence-electron chi connectivity index (χ0n) is 14.8. The van der Waals surface area contributed by atoms with E-state index in [0.29, 0.717) is 44.1 Å². The summed E-state index contributed by atoms with van der Waals surface area (Å²) in [7, 11) is 0. The van der Waals surface area contributed by atoms with Gasteiger partial charge in [0.25, 0.3) is 0 Å². The van der Waals surface area contributed by atoms with Gasteiger partial charge in [0.05, 0.1) is 13.0 Å². The van der Waals surface area contributed by atoms with E-state index in [4.69, 9.17) is 4.74 Å². The van der Waals surface area contributed by atoms with Crippen LogP contribution in [0.15, 0.2) is 35.8 Å².